The maximum absolute atomic E-state index is 12.9. The zero-order valence-electron chi connectivity index (χ0n) is 18.1. The standard InChI is InChI=1S/C19H28N4O11/c20-9(3-5-13(24)25)16(30)22-11(8-15(28)29)17(31)21-10(4-6-14(26)27)18(32)23-7-1-2-12(23)19(33)34/h9-12H,1-8,20H2,(H,21,31)(H,22,30)(H,24,25)(H,26,27)(H,28,29)(H,33,34). The predicted octanol–water partition coefficient (Wildman–Crippen LogP) is -2.44. The molecule has 0 aromatic carbocycles. The van der Waals surface area contributed by atoms with Crippen LogP contribution in [-0.2, 0) is 33.6 Å². The van der Waals surface area contributed by atoms with Gasteiger partial charge in [-0.15, -0.1) is 0 Å². The molecule has 8 N–H and O–H groups in total. The summed E-state index contributed by atoms with van der Waals surface area (Å²) in [7, 11) is 0. The molecule has 1 fully saturated rings. The first-order valence-corrected chi connectivity index (χ1v) is 10.4. The van der Waals surface area contributed by atoms with Gasteiger partial charge in [-0.1, -0.05) is 0 Å². The number of hydrogen-bond donors (Lipinski definition) is 7. The van der Waals surface area contributed by atoms with Gasteiger partial charge in [0.1, 0.15) is 18.1 Å². The summed E-state index contributed by atoms with van der Waals surface area (Å²) in [6, 6.07) is -5.71. The topological polar surface area (TPSA) is 254 Å². The fourth-order valence-electron chi connectivity index (χ4n) is 3.36. The Labute approximate surface area is 193 Å². The van der Waals surface area contributed by atoms with Gasteiger partial charge < -0.3 is 41.7 Å². The van der Waals surface area contributed by atoms with Crippen molar-refractivity contribution in [2.24, 2.45) is 5.73 Å². The molecule has 190 valence electrons. The van der Waals surface area contributed by atoms with E-state index in [0.29, 0.717) is 6.42 Å². The molecular formula is C19H28N4O11. The number of nitrogens with zero attached hydrogens (tertiary/aromatic N) is 1. The molecule has 3 amide bonds. The van der Waals surface area contributed by atoms with Gasteiger partial charge in [0.2, 0.25) is 17.7 Å². The molecule has 1 rings (SSSR count). The Balaban J connectivity index is 3.00. The highest BCUT2D eigenvalue weighted by Crippen LogP contribution is 2.19. The minimum atomic E-state index is -1.71. The highest BCUT2D eigenvalue weighted by atomic mass is 16.4. The number of carboxylic acid groups (broad SMARTS) is 4. The Kier molecular flexibility index (Phi) is 10.9. The van der Waals surface area contributed by atoms with Crippen LogP contribution < -0.4 is 16.4 Å². The zero-order chi connectivity index (χ0) is 26.0. The highest BCUT2D eigenvalue weighted by Gasteiger charge is 2.38. The molecule has 34 heavy (non-hydrogen) atoms. The molecule has 0 aromatic heterocycles. The van der Waals surface area contributed by atoms with Crippen LogP contribution in [-0.4, -0.2) is 97.6 Å². The monoisotopic (exact) mass is 488 g/mol. The SMILES string of the molecule is NC(CCC(=O)O)C(=O)NC(CC(=O)O)C(=O)NC(CCC(=O)O)C(=O)N1CCCC1C(=O)O. The minimum absolute atomic E-state index is 0.0724. The van der Waals surface area contributed by atoms with E-state index in [2.05, 4.69) is 10.6 Å². The van der Waals surface area contributed by atoms with Crippen molar-refractivity contribution in [2.45, 2.75) is 69.1 Å². The molecule has 0 bridgehead atoms. The van der Waals surface area contributed by atoms with Gasteiger partial charge >= 0.3 is 23.9 Å². The first-order valence-electron chi connectivity index (χ1n) is 10.4. The number of carbonyl (C=O) groups excluding carboxylic acids is 3. The molecule has 0 spiro atoms. The Morgan fingerprint density at radius 3 is 1.91 bits per heavy atom. The second-order valence-corrected chi connectivity index (χ2v) is 7.72. The number of carboxylic acids is 4. The molecule has 0 radical (unpaired) electrons. The van der Waals surface area contributed by atoms with E-state index in [0.717, 1.165) is 4.90 Å². The second-order valence-electron chi connectivity index (χ2n) is 7.72. The van der Waals surface area contributed by atoms with Crippen LogP contribution in [0.25, 0.3) is 0 Å². The van der Waals surface area contributed by atoms with Crippen molar-refractivity contribution in [2.75, 3.05) is 6.54 Å². The number of aliphatic carboxylic acids is 4. The van der Waals surface area contributed by atoms with Crippen LogP contribution in [0.3, 0.4) is 0 Å². The fourth-order valence-corrected chi connectivity index (χ4v) is 3.36. The van der Waals surface area contributed by atoms with E-state index in [1.165, 1.54) is 0 Å². The second kappa shape index (κ2) is 13.1. The Bertz CT molecular complexity index is 831. The summed E-state index contributed by atoms with van der Waals surface area (Å²) in [5.41, 5.74) is 5.57. The van der Waals surface area contributed by atoms with Gasteiger partial charge in [0, 0.05) is 19.4 Å². The summed E-state index contributed by atoms with van der Waals surface area (Å²) in [4.78, 5) is 83.0. The molecule has 0 aromatic rings. The van der Waals surface area contributed by atoms with Crippen molar-refractivity contribution in [3.8, 4) is 0 Å². The van der Waals surface area contributed by atoms with Gasteiger partial charge in [-0.25, -0.2) is 4.79 Å². The zero-order valence-corrected chi connectivity index (χ0v) is 18.1. The number of likely N-dealkylation sites (tertiary alicyclic amines) is 1. The third-order valence-electron chi connectivity index (χ3n) is 5.10. The number of nitrogens with two attached hydrogens (primary N) is 1. The Morgan fingerprint density at radius 2 is 1.38 bits per heavy atom. The van der Waals surface area contributed by atoms with Crippen LogP contribution in [0.1, 0.15) is 44.9 Å². The molecule has 1 aliphatic rings. The third-order valence-corrected chi connectivity index (χ3v) is 5.10. The van der Waals surface area contributed by atoms with E-state index in [1.807, 2.05) is 0 Å². The summed E-state index contributed by atoms with van der Waals surface area (Å²) in [6.45, 7) is 0.0724. The van der Waals surface area contributed by atoms with Crippen molar-refractivity contribution in [1.29, 1.82) is 0 Å². The van der Waals surface area contributed by atoms with Gasteiger partial charge in [0.25, 0.3) is 0 Å². The molecule has 4 unspecified atom stereocenters. The van der Waals surface area contributed by atoms with E-state index >= 15 is 0 Å². The van der Waals surface area contributed by atoms with Crippen LogP contribution >= 0.6 is 0 Å². The summed E-state index contributed by atoms with van der Waals surface area (Å²) in [5.74, 6) is -8.23. The van der Waals surface area contributed by atoms with Gasteiger partial charge in [0.05, 0.1) is 12.5 Å². The molecule has 1 aliphatic heterocycles. The van der Waals surface area contributed by atoms with Crippen molar-refractivity contribution in [1.82, 2.24) is 15.5 Å². The molecule has 15 nitrogen and oxygen atoms in total. The van der Waals surface area contributed by atoms with Gasteiger partial charge in [-0.2, -0.15) is 0 Å². The van der Waals surface area contributed by atoms with Crippen LogP contribution in [0.2, 0.25) is 0 Å². The Hall–Kier alpha value is -3.75. The van der Waals surface area contributed by atoms with E-state index in [4.69, 9.17) is 21.1 Å². The molecule has 1 saturated heterocycles. The van der Waals surface area contributed by atoms with Crippen LogP contribution in [0.15, 0.2) is 0 Å². The molecular weight excluding hydrogens is 460 g/mol. The maximum atomic E-state index is 12.9. The maximum Gasteiger partial charge on any atom is 0.326 e. The van der Waals surface area contributed by atoms with Crippen LogP contribution in [0.4, 0.5) is 0 Å². The molecule has 1 heterocycles. The number of hydrogen-bond acceptors (Lipinski definition) is 8. The van der Waals surface area contributed by atoms with E-state index in [-0.39, 0.29) is 19.4 Å². The number of rotatable bonds is 14. The highest BCUT2D eigenvalue weighted by molar-refractivity contribution is 5.96. The lowest BCUT2D eigenvalue weighted by Gasteiger charge is -2.28. The smallest absolute Gasteiger partial charge is 0.326 e. The fraction of sp³-hybridized carbons (Fsp3) is 0.632. The Morgan fingerprint density at radius 1 is 0.824 bits per heavy atom. The summed E-state index contributed by atoms with van der Waals surface area (Å²) in [6.07, 6.45) is -2.05. The lowest BCUT2D eigenvalue weighted by atomic mass is 10.1. The van der Waals surface area contributed by atoms with Gasteiger partial charge in [-0.3, -0.25) is 28.8 Å². The normalized spacial score (nSPS) is 17.8. The third kappa shape index (κ3) is 9.01. The van der Waals surface area contributed by atoms with Crippen LogP contribution in [0.5, 0.6) is 0 Å². The van der Waals surface area contributed by atoms with Gasteiger partial charge in [-0.05, 0) is 25.7 Å². The van der Waals surface area contributed by atoms with E-state index in [9.17, 15) is 38.7 Å². The first kappa shape index (κ1) is 28.3. The van der Waals surface area contributed by atoms with Gasteiger partial charge in [0.15, 0.2) is 0 Å². The van der Waals surface area contributed by atoms with E-state index in [1.54, 1.807) is 0 Å². The van der Waals surface area contributed by atoms with Crippen LogP contribution in [0, 0.1) is 0 Å². The summed E-state index contributed by atoms with van der Waals surface area (Å²) >= 11 is 0. The lowest BCUT2D eigenvalue weighted by molar-refractivity contribution is -0.150. The lowest BCUT2D eigenvalue weighted by Crippen LogP contribution is -2.57. The van der Waals surface area contributed by atoms with Crippen molar-refractivity contribution < 1.29 is 54.0 Å². The predicted molar refractivity (Wildman–Crippen MR) is 110 cm³/mol. The summed E-state index contributed by atoms with van der Waals surface area (Å²) in [5, 5.41) is 40.3. The number of carbonyl (C=O) groups is 7. The molecule has 4 atom stereocenters. The number of amides is 3. The molecule has 0 saturated carbocycles. The minimum Gasteiger partial charge on any atom is -0.481 e. The van der Waals surface area contributed by atoms with Crippen molar-refractivity contribution in [3.05, 3.63) is 0 Å². The molecule has 15 heteroatoms. The average molecular weight is 488 g/mol. The first-order chi connectivity index (χ1) is 15.8. The molecule has 0 aliphatic carbocycles. The summed E-state index contributed by atoms with van der Waals surface area (Å²) < 4.78 is 0. The largest absolute Gasteiger partial charge is 0.481 e. The quantitative estimate of drug-likeness (QED) is 0.135. The number of nitrogens with one attached hydrogen (secondary N) is 2. The average Bonchev–Trinajstić information content (AvgIpc) is 3.23. The van der Waals surface area contributed by atoms with Crippen molar-refractivity contribution in [3.63, 3.8) is 0 Å². The van der Waals surface area contributed by atoms with Crippen molar-refractivity contribution >= 4 is 41.6 Å². The van der Waals surface area contributed by atoms with E-state index < -0.39 is 91.4 Å².